The summed E-state index contributed by atoms with van der Waals surface area (Å²) in [6.07, 6.45) is 7.72. The lowest BCUT2D eigenvalue weighted by Gasteiger charge is -2.37. The van der Waals surface area contributed by atoms with E-state index < -0.39 is 0 Å². The summed E-state index contributed by atoms with van der Waals surface area (Å²) in [4.78, 5) is 6.78. The van der Waals surface area contributed by atoms with Gasteiger partial charge < -0.3 is 15.8 Å². The number of anilines is 1. The lowest BCUT2D eigenvalue weighted by molar-refractivity contribution is 0.318. The third-order valence-corrected chi connectivity index (χ3v) is 3.69. The van der Waals surface area contributed by atoms with Crippen LogP contribution in [0.3, 0.4) is 0 Å². The second-order valence-corrected chi connectivity index (χ2v) is 4.99. The number of hydrogen-bond acceptors (Lipinski definition) is 4. The van der Waals surface area contributed by atoms with Gasteiger partial charge >= 0.3 is 0 Å². The van der Waals surface area contributed by atoms with Crippen molar-refractivity contribution in [2.75, 3.05) is 11.4 Å². The Labute approximate surface area is 114 Å². The van der Waals surface area contributed by atoms with Gasteiger partial charge in [-0.3, -0.25) is 0 Å². The van der Waals surface area contributed by atoms with Gasteiger partial charge in [0.2, 0.25) is 0 Å². The van der Waals surface area contributed by atoms with Gasteiger partial charge in [-0.05, 0) is 37.8 Å². The molecule has 0 amide bonds. The normalized spacial score (nSPS) is 20.6. The number of oxime groups is 1. The van der Waals surface area contributed by atoms with Gasteiger partial charge in [-0.2, -0.15) is 0 Å². The molecule has 0 aromatic carbocycles. The minimum Gasteiger partial charge on any atom is -0.409 e. The molecule has 5 nitrogen and oxygen atoms in total. The van der Waals surface area contributed by atoms with Crippen molar-refractivity contribution in [3.63, 3.8) is 0 Å². The van der Waals surface area contributed by atoms with E-state index in [0.29, 0.717) is 11.6 Å². The van der Waals surface area contributed by atoms with E-state index in [1.807, 2.05) is 12.1 Å². The minimum atomic E-state index is 0.129. The number of pyridine rings is 1. The summed E-state index contributed by atoms with van der Waals surface area (Å²) >= 11 is 0. The number of nitrogens with two attached hydrogens (primary N) is 1. The fourth-order valence-corrected chi connectivity index (χ4v) is 2.79. The van der Waals surface area contributed by atoms with Crippen molar-refractivity contribution in [1.82, 2.24) is 4.98 Å². The molecule has 1 aliphatic rings. The number of amidine groups is 1. The van der Waals surface area contributed by atoms with Crippen molar-refractivity contribution >= 4 is 11.7 Å². The second-order valence-electron chi connectivity index (χ2n) is 4.99. The van der Waals surface area contributed by atoms with Crippen LogP contribution < -0.4 is 10.6 Å². The van der Waals surface area contributed by atoms with Crippen LogP contribution in [0.15, 0.2) is 23.5 Å². The summed E-state index contributed by atoms with van der Waals surface area (Å²) < 4.78 is 0. The van der Waals surface area contributed by atoms with Gasteiger partial charge in [0.25, 0.3) is 0 Å². The number of nitrogens with zero attached hydrogens (tertiary/aromatic N) is 3. The quantitative estimate of drug-likeness (QED) is 0.378. The molecule has 1 atom stereocenters. The molecule has 104 valence electrons. The minimum absolute atomic E-state index is 0.129. The Balaban J connectivity index is 2.33. The number of aromatic nitrogens is 1. The van der Waals surface area contributed by atoms with E-state index in [0.717, 1.165) is 25.2 Å². The third-order valence-electron chi connectivity index (χ3n) is 3.69. The fourth-order valence-electron chi connectivity index (χ4n) is 2.79. The molecule has 19 heavy (non-hydrogen) atoms. The second kappa shape index (κ2) is 6.41. The van der Waals surface area contributed by atoms with E-state index in [4.69, 9.17) is 10.9 Å². The molecule has 2 rings (SSSR count). The van der Waals surface area contributed by atoms with Crippen LogP contribution in [0.1, 0.15) is 44.6 Å². The zero-order valence-electron chi connectivity index (χ0n) is 11.4. The Morgan fingerprint density at radius 3 is 3.16 bits per heavy atom. The number of piperidine rings is 1. The summed E-state index contributed by atoms with van der Waals surface area (Å²) in [7, 11) is 0. The molecule has 1 fully saturated rings. The first-order valence-corrected chi connectivity index (χ1v) is 6.97. The van der Waals surface area contributed by atoms with Gasteiger partial charge in [-0.15, -0.1) is 0 Å². The van der Waals surface area contributed by atoms with E-state index in [1.165, 1.54) is 19.3 Å². The van der Waals surface area contributed by atoms with Crippen LogP contribution in [0, 0.1) is 0 Å². The summed E-state index contributed by atoms with van der Waals surface area (Å²) in [6, 6.07) is 4.18. The summed E-state index contributed by atoms with van der Waals surface area (Å²) in [5.41, 5.74) is 6.47. The lowest BCUT2D eigenvalue weighted by Crippen LogP contribution is -2.41. The highest BCUT2D eigenvalue weighted by molar-refractivity contribution is 6.01. The summed E-state index contributed by atoms with van der Waals surface area (Å²) in [6.45, 7) is 3.20. The molecule has 1 aromatic rings. The van der Waals surface area contributed by atoms with Crippen LogP contribution in [0.2, 0.25) is 0 Å². The molecule has 0 spiro atoms. The van der Waals surface area contributed by atoms with Gasteiger partial charge in [0.15, 0.2) is 5.84 Å². The maximum Gasteiger partial charge on any atom is 0.173 e. The number of hydrogen-bond donors (Lipinski definition) is 2. The molecule has 1 aromatic heterocycles. The van der Waals surface area contributed by atoms with Crippen molar-refractivity contribution < 1.29 is 5.21 Å². The van der Waals surface area contributed by atoms with Gasteiger partial charge in [-0.25, -0.2) is 4.98 Å². The zero-order chi connectivity index (χ0) is 13.7. The predicted molar refractivity (Wildman–Crippen MR) is 76.6 cm³/mol. The van der Waals surface area contributed by atoms with Crippen molar-refractivity contribution in [2.24, 2.45) is 10.9 Å². The maximum atomic E-state index is 8.90. The smallest absolute Gasteiger partial charge is 0.173 e. The SMILES string of the molecule is CCCC1CCCCN1c1ncccc1/C(N)=N/O. The molecule has 3 N–H and O–H groups in total. The fraction of sp³-hybridized carbons (Fsp3) is 0.571. The van der Waals surface area contributed by atoms with Crippen LogP contribution in [-0.4, -0.2) is 28.6 Å². The van der Waals surface area contributed by atoms with Gasteiger partial charge in [0.05, 0.1) is 5.56 Å². The molecule has 0 aliphatic carbocycles. The average Bonchev–Trinajstić information content (AvgIpc) is 2.47. The Hall–Kier alpha value is -1.78. The highest BCUT2D eigenvalue weighted by Crippen LogP contribution is 2.28. The maximum absolute atomic E-state index is 8.90. The Morgan fingerprint density at radius 1 is 1.58 bits per heavy atom. The molecule has 1 unspecified atom stereocenters. The first-order chi connectivity index (χ1) is 9.27. The molecule has 2 heterocycles. The van der Waals surface area contributed by atoms with Crippen LogP contribution in [-0.2, 0) is 0 Å². The highest BCUT2D eigenvalue weighted by Gasteiger charge is 2.25. The molecule has 1 aliphatic heterocycles. The Bertz CT molecular complexity index is 445. The third kappa shape index (κ3) is 2.97. The van der Waals surface area contributed by atoms with Crippen molar-refractivity contribution in [2.45, 2.75) is 45.1 Å². The molecular weight excluding hydrogens is 240 g/mol. The molecule has 5 heteroatoms. The molecular formula is C14H22N4O. The Kier molecular flexibility index (Phi) is 4.60. The van der Waals surface area contributed by atoms with Crippen molar-refractivity contribution in [3.8, 4) is 0 Å². The average molecular weight is 262 g/mol. The summed E-state index contributed by atoms with van der Waals surface area (Å²) in [5.74, 6) is 0.972. The van der Waals surface area contributed by atoms with Crippen molar-refractivity contribution in [1.29, 1.82) is 0 Å². The Morgan fingerprint density at radius 2 is 2.42 bits per heavy atom. The first-order valence-electron chi connectivity index (χ1n) is 6.97. The molecule has 0 radical (unpaired) electrons. The molecule has 0 bridgehead atoms. The zero-order valence-corrected chi connectivity index (χ0v) is 11.4. The lowest BCUT2D eigenvalue weighted by atomic mass is 9.97. The monoisotopic (exact) mass is 262 g/mol. The molecule has 0 saturated carbocycles. The van der Waals surface area contributed by atoms with E-state index in [9.17, 15) is 0 Å². The summed E-state index contributed by atoms with van der Waals surface area (Å²) in [5, 5.41) is 12.0. The van der Waals surface area contributed by atoms with E-state index in [-0.39, 0.29) is 5.84 Å². The standard InChI is InChI=1S/C14H22N4O/c1-2-6-11-7-3-4-10-18(11)14-12(13(15)17-19)8-5-9-16-14/h5,8-9,11,19H,2-4,6-7,10H2,1H3,(H2,15,17). The van der Waals surface area contributed by atoms with Gasteiger partial charge in [0, 0.05) is 18.8 Å². The van der Waals surface area contributed by atoms with E-state index in [1.54, 1.807) is 6.20 Å². The van der Waals surface area contributed by atoms with Gasteiger partial charge in [0.1, 0.15) is 5.82 Å². The van der Waals surface area contributed by atoms with E-state index in [2.05, 4.69) is 22.0 Å². The van der Waals surface area contributed by atoms with Crippen molar-refractivity contribution in [3.05, 3.63) is 23.9 Å². The van der Waals surface area contributed by atoms with E-state index >= 15 is 0 Å². The van der Waals surface area contributed by atoms with Crippen LogP contribution in [0.4, 0.5) is 5.82 Å². The molecule has 1 saturated heterocycles. The first kappa shape index (κ1) is 13.6. The predicted octanol–water partition coefficient (Wildman–Crippen LogP) is 2.34. The van der Waals surface area contributed by atoms with Crippen LogP contribution >= 0.6 is 0 Å². The van der Waals surface area contributed by atoms with Crippen LogP contribution in [0.5, 0.6) is 0 Å². The largest absolute Gasteiger partial charge is 0.409 e. The van der Waals surface area contributed by atoms with Gasteiger partial charge in [-0.1, -0.05) is 18.5 Å². The highest BCUT2D eigenvalue weighted by atomic mass is 16.4. The topological polar surface area (TPSA) is 74.7 Å². The van der Waals surface area contributed by atoms with Crippen LogP contribution in [0.25, 0.3) is 0 Å². The number of rotatable bonds is 4.